The van der Waals surface area contributed by atoms with Crippen LogP contribution in [0.1, 0.15) is 44.9 Å². The van der Waals surface area contributed by atoms with Gasteiger partial charge in [-0.1, -0.05) is 6.07 Å². The van der Waals surface area contributed by atoms with Gasteiger partial charge in [-0.2, -0.15) is 5.26 Å². The predicted octanol–water partition coefficient (Wildman–Crippen LogP) is 3.23. The first kappa shape index (κ1) is 17.2. The van der Waals surface area contributed by atoms with Crippen molar-refractivity contribution in [1.29, 1.82) is 5.26 Å². The Kier molecular flexibility index (Phi) is 4.88. The molecule has 0 N–H and O–H groups in total. The van der Waals surface area contributed by atoms with Crippen molar-refractivity contribution >= 4 is 6.09 Å². The zero-order valence-corrected chi connectivity index (χ0v) is 13.8. The number of likely N-dealkylation sites (tertiary alicyclic amines) is 1. The van der Waals surface area contributed by atoms with Gasteiger partial charge in [-0.3, -0.25) is 0 Å². The minimum Gasteiger partial charge on any atom is -0.444 e. The van der Waals surface area contributed by atoms with Crippen molar-refractivity contribution in [2.75, 3.05) is 13.1 Å². The minimum atomic E-state index is -1.35. The molecule has 124 valence electrons. The second-order valence-corrected chi connectivity index (χ2v) is 6.96. The number of carbonyl (C=O) groups excluding carboxylic acids is 1. The largest absolute Gasteiger partial charge is 0.444 e. The van der Waals surface area contributed by atoms with Crippen LogP contribution in [0.25, 0.3) is 0 Å². The van der Waals surface area contributed by atoms with E-state index in [-0.39, 0.29) is 25.4 Å². The van der Waals surface area contributed by atoms with Crippen LogP contribution in [-0.2, 0) is 11.2 Å². The molecule has 6 heteroatoms. The zero-order valence-electron chi connectivity index (χ0n) is 13.8. The van der Waals surface area contributed by atoms with E-state index in [0.717, 1.165) is 5.56 Å². The van der Waals surface area contributed by atoms with Crippen molar-refractivity contribution in [2.24, 2.45) is 0 Å². The third-order valence-corrected chi connectivity index (χ3v) is 3.77. The molecule has 1 aliphatic heterocycles. The molecule has 0 unspecified atom stereocenters. The Bertz CT molecular complexity index is 594. The average Bonchev–Trinajstić information content (AvgIpc) is 2.46. The van der Waals surface area contributed by atoms with E-state index >= 15 is 0 Å². The van der Waals surface area contributed by atoms with Gasteiger partial charge in [-0.05, 0) is 45.2 Å². The van der Waals surface area contributed by atoms with Crippen molar-refractivity contribution in [1.82, 2.24) is 9.88 Å². The standard InChI is InChI=1S/C17H22FN3O2/c1-16(2,3)23-15(22)21-8-6-17(18,7-9-21)10-13-4-5-14(11-19)20-12-13/h4-5,12H,6-10H2,1-3H3. The fourth-order valence-corrected chi connectivity index (χ4v) is 2.55. The first-order chi connectivity index (χ1) is 10.7. The molecule has 0 aliphatic carbocycles. The third kappa shape index (κ3) is 4.92. The van der Waals surface area contributed by atoms with Gasteiger partial charge in [-0.25, -0.2) is 14.2 Å². The molecule has 0 aromatic carbocycles. The second-order valence-electron chi connectivity index (χ2n) is 6.96. The SMILES string of the molecule is CC(C)(C)OC(=O)N1CCC(F)(Cc2ccc(C#N)nc2)CC1. The van der Waals surface area contributed by atoms with Crippen LogP contribution in [0.3, 0.4) is 0 Å². The molecule has 1 aromatic rings. The number of aromatic nitrogens is 1. The zero-order chi connectivity index (χ0) is 17.1. The lowest BCUT2D eigenvalue weighted by atomic mass is 9.87. The molecule has 5 nitrogen and oxygen atoms in total. The first-order valence-electron chi connectivity index (χ1n) is 7.73. The lowest BCUT2D eigenvalue weighted by Gasteiger charge is -2.37. The molecular weight excluding hydrogens is 297 g/mol. The van der Waals surface area contributed by atoms with E-state index in [0.29, 0.717) is 18.8 Å². The van der Waals surface area contributed by atoms with Crippen LogP contribution in [-0.4, -0.2) is 40.3 Å². The van der Waals surface area contributed by atoms with Gasteiger partial charge in [0.05, 0.1) is 0 Å². The highest BCUT2D eigenvalue weighted by Crippen LogP contribution is 2.31. The summed E-state index contributed by atoms with van der Waals surface area (Å²) in [7, 11) is 0. The number of hydrogen-bond donors (Lipinski definition) is 0. The quantitative estimate of drug-likeness (QED) is 0.839. The van der Waals surface area contributed by atoms with Gasteiger partial charge >= 0.3 is 6.09 Å². The van der Waals surface area contributed by atoms with Gasteiger partial charge < -0.3 is 9.64 Å². The molecule has 0 atom stereocenters. The number of ether oxygens (including phenoxy) is 1. The van der Waals surface area contributed by atoms with Gasteiger partial charge in [0, 0.05) is 25.7 Å². The summed E-state index contributed by atoms with van der Waals surface area (Å²) in [6.45, 7) is 6.12. The molecule has 23 heavy (non-hydrogen) atoms. The van der Waals surface area contributed by atoms with Gasteiger partial charge in [0.1, 0.15) is 23.0 Å². The summed E-state index contributed by atoms with van der Waals surface area (Å²) < 4.78 is 20.3. The molecule has 1 saturated heterocycles. The van der Waals surface area contributed by atoms with Crippen molar-refractivity contribution in [2.45, 2.75) is 51.3 Å². The molecule has 0 saturated carbocycles. The summed E-state index contributed by atoms with van der Waals surface area (Å²) in [6.07, 6.45) is 1.94. The maximum atomic E-state index is 14.9. The molecule has 1 fully saturated rings. The number of alkyl halides is 1. The van der Waals surface area contributed by atoms with Gasteiger partial charge in [0.2, 0.25) is 0 Å². The number of nitrogens with zero attached hydrogens (tertiary/aromatic N) is 3. The minimum absolute atomic E-state index is 0.244. The number of carbonyl (C=O) groups is 1. The Hall–Kier alpha value is -2.16. The van der Waals surface area contributed by atoms with Crippen LogP contribution in [0.4, 0.5) is 9.18 Å². The average molecular weight is 319 g/mol. The van der Waals surface area contributed by atoms with Gasteiger partial charge in [-0.15, -0.1) is 0 Å². The van der Waals surface area contributed by atoms with E-state index in [9.17, 15) is 9.18 Å². The van der Waals surface area contributed by atoms with Crippen molar-refractivity contribution in [3.05, 3.63) is 29.6 Å². The van der Waals surface area contributed by atoms with Gasteiger partial charge in [0.25, 0.3) is 0 Å². The number of piperidine rings is 1. The number of hydrogen-bond acceptors (Lipinski definition) is 4. The molecule has 0 bridgehead atoms. The van der Waals surface area contributed by atoms with Crippen molar-refractivity contribution in [3.63, 3.8) is 0 Å². The highest BCUT2D eigenvalue weighted by Gasteiger charge is 2.37. The lowest BCUT2D eigenvalue weighted by Crippen LogP contribution is -2.47. The summed E-state index contributed by atoms with van der Waals surface area (Å²) in [4.78, 5) is 17.5. The summed E-state index contributed by atoms with van der Waals surface area (Å²) in [5, 5.41) is 8.73. The third-order valence-electron chi connectivity index (χ3n) is 3.77. The fraction of sp³-hybridized carbons (Fsp3) is 0.588. The van der Waals surface area contributed by atoms with Crippen molar-refractivity contribution in [3.8, 4) is 6.07 Å². The Morgan fingerprint density at radius 1 is 1.43 bits per heavy atom. The van der Waals surface area contributed by atoms with Crippen LogP contribution in [0.5, 0.6) is 0 Å². The number of amides is 1. The van der Waals surface area contributed by atoms with Crippen LogP contribution in [0.15, 0.2) is 18.3 Å². The highest BCUT2D eigenvalue weighted by molar-refractivity contribution is 5.68. The maximum Gasteiger partial charge on any atom is 0.410 e. The Morgan fingerprint density at radius 3 is 2.57 bits per heavy atom. The van der Waals surface area contributed by atoms with Crippen LogP contribution < -0.4 is 0 Å². The van der Waals surface area contributed by atoms with Crippen LogP contribution in [0.2, 0.25) is 0 Å². The summed E-state index contributed by atoms with van der Waals surface area (Å²) in [6, 6.07) is 5.26. The van der Waals surface area contributed by atoms with E-state index in [1.165, 1.54) is 0 Å². The van der Waals surface area contributed by atoms with E-state index in [1.807, 2.05) is 26.8 Å². The molecule has 1 aromatic heterocycles. The number of halogens is 1. The molecule has 2 rings (SSSR count). The predicted molar refractivity (Wildman–Crippen MR) is 83.5 cm³/mol. The molecule has 0 radical (unpaired) electrons. The molecular formula is C17H22FN3O2. The number of pyridine rings is 1. The lowest BCUT2D eigenvalue weighted by molar-refractivity contribution is 0.00338. The molecule has 0 spiro atoms. The van der Waals surface area contributed by atoms with Crippen LogP contribution in [0, 0.1) is 11.3 Å². The second kappa shape index (κ2) is 6.53. The monoisotopic (exact) mass is 319 g/mol. The molecule has 1 amide bonds. The van der Waals surface area contributed by atoms with E-state index in [4.69, 9.17) is 10.00 Å². The van der Waals surface area contributed by atoms with Crippen molar-refractivity contribution < 1.29 is 13.9 Å². The maximum absolute atomic E-state index is 14.9. The summed E-state index contributed by atoms with van der Waals surface area (Å²) in [5.74, 6) is 0. The Morgan fingerprint density at radius 2 is 2.09 bits per heavy atom. The van der Waals surface area contributed by atoms with Crippen LogP contribution >= 0.6 is 0 Å². The Labute approximate surface area is 136 Å². The topological polar surface area (TPSA) is 66.2 Å². The van der Waals surface area contributed by atoms with E-state index < -0.39 is 11.3 Å². The molecule has 1 aliphatic rings. The normalized spacial score (nSPS) is 17.4. The summed E-state index contributed by atoms with van der Waals surface area (Å²) in [5.41, 5.74) is -0.817. The van der Waals surface area contributed by atoms with E-state index in [2.05, 4.69) is 4.98 Å². The smallest absolute Gasteiger partial charge is 0.410 e. The molecule has 2 heterocycles. The number of rotatable bonds is 2. The summed E-state index contributed by atoms with van der Waals surface area (Å²) >= 11 is 0. The van der Waals surface area contributed by atoms with Gasteiger partial charge in [0.15, 0.2) is 0 Å². The highest BCUT2D eigenvalue weighted by atomic mass is 19.1. The van der Waals surface area contributed by atoms with E-state index in [1.54, 1.807) is 23.2 Å². The number of nitriles is 1. The first-order valence-corrected chi connectivity index (χ1v) is 7.73. The fourth-order valence-electron chi connectivity index (χ4n) is 2.55. The Balaban J connectivity index is 1.91.